The number of hydrogen-bond donors (Lipinski definition) is 1. The van der Waals surface area contributed by atoms with Gasteiger partial charge < -0.3 is 10.2 Å². The van der Waals surface area contributed by atoms with Gasteiger partial charge in [-0.1, -0.05) is 13.0 Å². The van der Waals surface area contributed by atoms with Crippen molar-refractivity contribution in [3.05, 3.63) is 12.7 Å². The van der Waals surface area contributed by atoms with Gasteiger partial charge in [-0.05, 0) is 38.6 Å². The lowest BCUT2D eigenvalue weighted by Gasteiger charge is -2.39. The van der Waals surface area contributed by atoms with E-state index >= 15 is 0 Å². The molecular weight excluding hydrogens is 212 g/mol. The van der Waals surface area contributed by atoms with Crippen molar-refractivity contribution in [3.63, 3.8) is 0 Å². The highest BCUT2D eigenvalue weighted by Gasteiger charge is 2.44. The van der Waals surface area contributed by atoms with E-state index in [-0.39, 0.29) is 5.41 Å². The molecule has 0 aromatic heterocycles. The summed E-state index contributed by atoms with van der Waals surface area (Å²) in [4.78, 5) is 14.8. The first kappa shape index (κ1) is 12.6. The molecule has 0 radical (unpaired) electrons. The fourth-order valence-electron chi connectivity index (χ4n) is 2.83. The van der Waals surface area contributed by atoms with Gasteiger partial charge in [0.05, 0.1) is 5.41 Å². The zero-order valence-electron chi connectivity index (χ0n) is 10.9. The van der Waals surface area contributed by atoms with Gasteiger partial charge in [0.25, 0.3) is 0 Å². The summed E-state index contributed by atoms with van der Waals surface area (Å²) in [5, 5.41) is 3.39. The summed E-state index contributed by atoms with van der Waals surface area (Å²) in [6.07, 6.45) is 7.30. The second-order valence-electron chi connectivity index (χ2n) is 5.39. The van der Waals surface area contributed by atoms with Gasteiger partial charge in [0, 0.05) is 19.1 Å². The van der Waals surface area contributed by atoms with E-state index in [2.05, 4.69) is 23.7 Å². The van der Waals surface area contributed by atoms with E-state index in [0.717, 1.165) is 32.4 Å². The van der Waals surface area contributed by atoms with Gasteiger partial charge in [-0.15, -0.1) is 6.58 Å². The SMILES string of the molecule is C=CCN(C(=O)C1(CC)CCCNC1)C1CC1. The quantitative estimate of drug-likeness (QED) is 0.740. The third-order valence-electron chi connectivity index (χ3n) is 4.18. The van der Waals surface area contributed by atoms with Crippen LogP contribution in [0.15, 0.2) is 12.7 Å². The van der Waals surface area contributed by atoms with Crippen LogP contribution in [0.1, 0.15) is 39.0 Å². The Balaban J connectivity index is 2.10. The van der Waals surface area contributed by atoms with Crippen LogP contribution in [0.5, 0.6) is 0 Å². The number of nitrogens with zero attached hydrogens (tertiary/aromatic N) is 1. The summed E-state index contributed by atoms with van der Waals surface area (Å²) in [7, 11) is 0. The van der Waals surface area contributed by atoms with Crippen molar-refractivity contribution in [1.29, 1.82) is 0 Å². The maximum Gasteiger partial charge on any atom is 0.230 e. The molecule has 2 aliphatic rings. The summed E-state index contributed by atoms with van der Waals surface area (Å²) in [5.74, 6) is 0.356. The highest BCUT2D eigenvalue weighted by atomic mass is 16.2. The summed E-state index contributed by atoms with van der Waals surface area (Å²) in [6, 6.07) is 0.492. The zero-order chi connectivity index (χ0) is 12.3. The molecule has 96 valence electrons. The molecule has 1 saturated heterocycles. The van der Waals surface area contributed by atoms with Crippen LogP contribution in [0.2, 0.25) is 0 Å². The normalized spacial score (nSPS) is 28.8. The fourth-order valence-corrected chi connectivity index (χ4v) is 2.83. The number of carbonyl (C=O) groups excluding carboxylic acids is 1. The molecule has 3 nitrogen and oxygen atoms in total. The van der Waals surface area contributed by atoms with Gasteiger partial charge in [-0.25, -0.2) is 0 Å². The van der Waals surface area contributed by atoms with Gasteiger partial charge in [0.1, 0.15) is 0 Å². The van der Waals surface area contributed by atoms with Crippen molar-refractivity contribution < 1.29 is 4.79 Å². The summed E-state index contributed by atoms with van der Waals surface area (Å²) in [6.45, 7) is 8.54. The van der Waals surface area contributed by atoms with Gasteiger partial charge in [0.2, 0.25) is 5.91 Å². The Morgan fingerprint density at radius 1 is 1.59 bits per heavy atom. The Morgan fingerprint density at radius 3 is 2.82 bits per heavy atom. The third kappa shape index (κ3) is 2.54. The van der Waals surface area contributed by atoms with E-state index in [1.807, 2.05) is 6.08 Å². The summed E-state index contributed by atoms with van der Waals surface area (Å²) >= 11 is 0. The Kier molecular flexibility index (Phi) is 3.87. The molecule has 1 unspecified atom stereocenters. The van der Waals surface area contributed by atoms with Crippen molar-refractivity contribution in [2.24, 2.45) is 5.41 Å². The number of piperidine rings is 1. The third-order valence-corrected chi connectivity index (χ3v) is 4.18. The van der Waals surface area contributed by atoms with Crippen LogP contribution in [0.4, 0.5) is 0 Å². The molecule has 1 aliphatic heterocycles. The topological polar surface area (TPSA) is 32.3 Å². The number of nitrogens with one attached hydrogen (secondary N) is 1. The van der Waals surface area contributed by atoms with Crippen molar-refractivity contribution in [2.45, 2.75) is 45.1 Å². The molecule has 1 N–H and O–H groups in total. The molecule has 1 atom stereocenters. The van der Waals surface area contributed by atoms with Crippen LogP contribution in [0.25, 0.3) is 0 Å². The number of amides is 1. The van der Waals surface area contributed by atoms with Crippen LogP contribution in [0.3, 0.4) is 0 Å². The molecule has 1 amide bonds. The average Bonchev–Trinajstić information content (AvgIpc) is 3.20. The molecule has 1 aliphatic carbocycles. The lowest BCUT2D eigenvalue weighted by molar-refractivity contribution is -0.143. The minimum atomic E-state index is -0.149. The first-order chi connectivity index (χ1) is 8.23. The largest absolute Gasteiger partial charge is 0.335 e. The minimum Gasteiger partial charge on any atom is -0.335 e. The monoisotopic (exact) mass is 236 g/mol. The van der Waals surface area contributed by atoms with E-state index in [1.54, 1.807) is 0 Å². The molecule has 0 aromatic rings. The maximum atomic E-state index is 12.8. The zero-order valence-corrected chi connectivity index (χ0v) is 10.9. The van der Waals surface area contributed by atoms with Gasteiger partial charge in [-0.3, -0.25) is 4.79 Å². The Morgan fingerprint density at radius 2 is 2.35 bits per heavy atom. The number of hydrogen-bond acceptors (Lipinski definition) is 2. The van der Waals surface area contributed by atoms with Gasteiger partial charge >= 0.3 is 0 Å². The standard InChI is InChI=1S/C14H24N2O/c1-3-10-16(12-6-7-12)13(17)14(4-2)8-5-9-15-11-14/h3,12,15H,1,4-11H2,2H3. The number of carbonyl (C=O) groups is 1. The highest BCUT2D eigenvalue weighted by molar-refractivity contribution is 5.84. The summed E-state index contributed by atoms with van der Waals surface area (Å²) in [5.41, 5.74) is -0.149. The van der Waals surface area contributed by atoms with Crippen molar-refractivity contribution >= 4 is 5.91 Å². The first-order valence-electron chi connectivity index (χ1n) is 6.86. The van der Waals surface area contributed by atoms with Crippen LogP contribution >= 0.6 is 0 Å². The van der Waals surface area contributed by atoms with Gasteiger partial charge in [0.15, 0.2) is 0 Å². The number of rotatable bonds is 5. The second-order valence-corrected chi connectivity index (χ2v) is 5.39. The van der Waals surface area contributed by atoms with E-state index < -0.39 is 0 Å². The van der Waals surface area contributed by atoms with E-state index in [4.69, 9.17) is 0 Å². The first-order valence-corrected chi connectivity index (χ1v) is 6.86. The molecule has 1 saturated carbocycles. The van der Waals surface area contributed by atoms with E-state index in [9.17, 15) is 4.79 Å². The minimum absolute atomic E-state index is 0.149. The van der Waals surface area contributed by atoms with Crippen LogP contribution < -0.4 is 5.32 Å². The van der Waals surface area contributed by atoms with Crippen LogP contribution in [-0.2, 0) is 4.79 Å². The molecule has 0 aromatic carbocycles. The van der Waals surface area contributed by atoms with Gasteiger partial charge in [-0.2, -0.15) is 0 Å². The van der Waals surface area contributed by atoms with E-state index in [1.165, 1.54) is 12.8 Å². The predicted octanol–water partition coefficient (Wildman–Crippen LogP) is 1.94. The summed E-state index contributed by atoms with van der Waals surface area (Å²) < 4.78 is 0. The average molecular weight is 236 g/mol. The van der Waals surface area contributed by atoms with Crippen LogP contribution in [-0.4, -0.2) is 36.5 Å². The molecule has 3 heteroatoms. The lowest BCUT2D eigenvalue weighted by atomic mass is 9.77. The Bertz CT molecular complexity index is 291. The van der Waals surface area contributed by atoms with Crippen molar-refractivity contribution in [2.75, 3.05) is 19.6 Å². The Hall–Kier alpha value is -0.830. The van der Waals surface area contributed by atoms with Crippen molar-refractivity contribution in [3.8, 4) is 0 Å². The van der Waals surface area contributed by atoms with E-state index in [0.29, 0.717) is 18.5 Å². The maximum absolute atomic E-state index is 12.8. The highest BCUT2D eigenvalue weighted by Crippen LogP contribution is 2.36. The second kappa shape index (κ2) is 5.21. The fraction of sp³-hybridized carbons (Fsp3) is 0.786. The molecule has 2 rings (SSSR count). The molecule has 17 heavy (non-hydrogen) atoms. The molecule has 0 spiro atoms. The van der Waals surface area contributed by atoms with Crippen molar-refractivity contribution in [1.82, 2.24) is 10.2 Å². The molecular formula is C14H24N2O. The molecule has 1 heterocycles. The molecule has 0 bridgehead atoms. The lowest BCUT2D eigenvalue weighted by Crippen LogP contribution is -2.52. The van der Waals surface area contributed by atoms with Crippen LogP contribution in [0, 0.1) is 5.41 Å². The molecule has 2 fully saturated rings. The Labute approximate surface area is 104 Å². The predicted molar refractivity (Wildman–Crippen MR) is 69.8 cm³/mol. The smallest absolute Gasteiger partial charge is 0.230 e.